The zero-order valence-corrected chi connectivity index (χ0v) is 20.8. The van der Waals surface area contributed by atoms with Crippen molar-refractivity contribution in [2.24, 2.45) is 5.92 Å². The highest BCUT2D eigenvalue weighted by Crippen LogP contribution is 2.24. The summed E-state index contributed by atoms with van der Waals surface area (Å²) in [5.74, 6) is -0.207. The van der Waals surface area contributed by atoms with Gasteiger partial charge in [0.1, 0.15) is 11.4 Å². The van der Waals surface area contributed by atoms with Gasteiger partial charge in [0.15, 0.2) is 5.82 Å². The molecule has 190 valence electrons. The number of nitrogens with zero attached hydrogens (tertiary/aromatic N) is 4. The van der Waals surface area contributed by atoms with Gasteiger partial charge in [-0.25, -0.2) is 9.07 Å². The number of benzene rings is 2. The molecule has 1 aliphatic heterocycles. The van der Waals surface area contributed by atoms with Crippen molar-refractivity contribution < 1.29 is 14.0 Å². The van der Waals surface area contributed by atoms with Crippen LogP contribution in [-0.4, -0.2) is 50.7 Å². The van der Waals surface area contributed by atoms with Gasteiger partial charge in [0.2, 0.25) is 5.91 Å². The molecule has 0 spiro atoms. The molecule has 2 aromatic carbocycles. The fourth-order valence-electron chi connectivity index (χ4n) is 4.76. The first-order chi connectivity index (χ1) is 18.0. The maximum Gasteiger partial charge on any atom is 0.259 e. The normalized spacial score (nSPS) is 15.5. The quantitative estimate of drug-likeness (QED) is 0.412. The largest absolute Gasteiger partial charge is 0.355 e. The van der Waals surface area contributed by atoms with Gasteiger partial charge in [-0.2, -0.15) is 5.10 Å². The smallest absolute Gasteiger partial charge is 0.259 e. The summed E-state index contributed by atoms with van der Waals surface area (Å²) in [7, 11) is 0. The summed E-state index contributed by atoms with van der Waals surface area (Å²) in [4.78, 5) is 28.3. The molecule has 0 bridgehead atoms. The highest BCUT2D eigenvalue weighted by Gasteiger charge is 2.31. The zero-order chi connectivity index (χ0) is 25.8. The van der Waals surface area contributed by atoms with Gasteiger partial charge in [-0.15, -0.1) is 0 Å². The molecule has 1 N–H and O–H groups in total. The van der Waals surface area contributed by atoms with Crippen LogP contribution in [0.1, 0.15) is 34.3 Å². The van der Waals surface area contributed by atoms with Gasteiger partial charge in [-0.3, -0.25) is 9.59 Å². The van der Waals surface area contributed by atoms with E-state index in [-0.39, 0.29) is 23.5 Å². The molecule has 37 heavy (non-hydrogen) atoms. The maximum absolute atomic E-state index is 13.7. The van der Waals surface area contributed by atoms with Gasteiger partial charge < -0.3 is 14.8 Å². The molecular formula is C29H30FN5O2. The van der Waals surface area contributed by atoms with Crippen LogP contribution in [0.3, 0.4) is 0 Å². The average molecular weight is 500 g/mol. The Morgan fingerprint density at radius 3 is 2.51 bits per heavy atom. The zero-order valence-electron chi connectivity index (χ0n) is 20.8. The number of piperidine rings is 1. The predicted molar refractivity (Wildman–Crippen MR) is 139 cm³/mol. The summed E-state index contributed by atoms with van der Waals surface area (Å²) in [6.07, 6.45) is 7.51. The number of amides is 2. The summed E-state index contributed by atoms with van der Waals surface area (Å²) in [6, 6.07) is 18.0. The van der Waals surface area contributed by atoms with Crippen LogP contribution in [0.5, 0.6) is 0 Å². The van der Waals surface area contributed by atoms with Crippen LogP contribution < -0.4 is 5.32 Å². The van der Waals surface area contributed by atoms with Crippen LogP contribution in [-0.2, 0) is 11.2 Å². The lowest BCUT2D eigenvalue weighted by atomic mass is 9.96. The number of nitrogens with one attached hydrogen (secondary N) is 1. The molecule has 0 aliphatic carbocycles. The maximum atomic E-state index is 13.7. The van der Waals surface area contributed by atoms with Crippen LogP contribution in [0, 0.1) is 18.7 Å². The minimum atomic E-state index is -0.341. The fourth-order valence-corrected chi connectivity index (χ4v) is 4.76. The summed E-state index contributed by atoms with van der Waals surface area (Å²) in [5, 5.41) is 7.51. The minimum Gasteiger partial charge on any atom is -0.355 e. The van der Waals surface area contributed by atoms with Crippen molar-refractivity contribution in [3.63, 3.8) is 0 Å². The summed E-state index contributed by atoms with van der Waals surface area (Å²) in [6.45, 7) is 3.56. The van der Waals surface area contributed by atoms with Crippen molar-refractivity contribution in [2.45, 2.75) is 26.2 Å². The second-order valence-corrected chi connectivity index (χ2v) is 9.48. The van der Waals surface area contributed by atoms with Gasteiger partial charge in [0, 0.05) is 32.0 Å². The van der Waals surface area contributed by atoms with Crippen LogP contribution in [0.15, 0.2) is 79.3 Å². The van der Waals surface area contributed by atoms with E-state index in [0.717, 1.165) is 19.3 Å². The molecule has 1 saturated heterocycles. The third-order valence-corrected chi connectivity index (χ3v) is 6.81. The number of aryl methyl sites for hydroxylation is 1. The number of aromatic nitrogens is 3. The van der Waals surface area contributed by atoms with E-state index in [1.54, 1.807) is 27.9 Å². The van der Waals surface area contributed by atoms with Gasteiger partial charge >= 0.3 is 0 Å². The molecule has 0 unspecified atom stereocenters. The van der Waals surface area contributed by atoms with Crippen molar-refractivity contribution in [1.29, 1.82) is 0 Å². The molecule has 2 amide bonds. The molecule has 0 saturated carbocycles. The van der Waals surface area contributed by atoms with Gasteiger partial charge in [-0.1, -0.05) is 29.8 Å². The van der Waals surface area contributed by atoms with Crippen molar-refractivity contribution in [1.82, 2.24) is 24.6 Å². The van der Waals surface area contributed by atoms with E-state index in [4.69, 9.17) is 0 Å². The number of halogens is 1. The first-order valence-electron chi connectivity index (χ1n) is 12.6. The van der Waals surface area contributed by atoms with Crippen molar-refractivity contribution in [2.75, 3.05) is 19.6 Å². The molecule has 3 heterocycles. The lowest BCUT2D eigenvalue weighted by Gasteiger charge is -2.32. The van der Waals surface area contributed by atoms with E-state index in [9.17, 15) is 14.0 Å². The third kappa shape index (κ3) is 5.48. The number of hydrogen-bond acceptors (Lipinski definition) is 3. The lowest BCUT2D eigenvalue weighted by Crippen LogP contribution is -2.45. The standard InChI is InChI=1S/C29H30FN5O2/c1-21-6-8-22(9-7-21)14-15-31-27(36)23-5-4-18-34(20-23)29(37)26-19-32-35(25-12-10-24(30)11-13-25)28(26)33-16-2-3-17-33/h2-3,6-13,16-17,19,23H,4-5,14-15,18,20H2,1H3,(H,31,36)/t23-/m1/s1. The van der Waals surface area contributed by atoms with Gasteiger partial charge in [-0.05, 0) is 68.1 Å². The van der Waals surface area contributed by atoms with Crippen molar-refractivity contribution in [3.05, 3.63) is 102 Å². The molecule has 8 heteroatoms. The number of carbonyl (C=O) groups excluding carboxylic acids is 2. The predicted octanol–water partition coefficient (Wildman–Crippen LogP) is 4.32. The van der Waals surface area contributed by atoms with Crippen molar-refractivity contribution >= 4 is 11.8 Å². The Bertz CT molecular complexity index is 1360. The van der Waals surface area contributed by atoms with E-state index < -0.39 is 0 Å². The molecule has 7 nitrogen and oxygen atoms in total. The Hall–Kier alpha value is -4.20. The molecule has 1 fully saturated rings. The lowest BCUT2D eigenvalue weighted by molar-refractivity contribution is -0.126. The molecule has 0 radical (unpaired) electrons. The number of rotatable bonds is 7. The molecular weight excluding hydrogens is 469 g/mol. The number of hydrogen-bond donors (Lipinski definition) is 1. The molecule has 1 atom stereocenters. The highest BCUT2D eigenvalue weighted by atomic mass is 19.1. The Morgan fingerprint density at radius 2 is 1.78 bits per heavy atom. The van der Waals surface area contributed by atoms with Crippen molar-refractivity contribution in [3.8, 4) is 11.5 Å². The number of likely N-dealkylation sites (tertiary alicyclic amines) is 1. The second-order valence-electron chi connectivity index (χ2n) is 9.48. The molecule has 5 rings (SSSR count). The van der Waals surface area contributed by atoms with E-state index in [1.807, 2.05) is 29.1 Å². The molecule has 1 aliphatic rings. The third-order valence-electron chi connectivity index (χ3n) is 6.81. The van der Waals surface area contributed by atoms with E-state index in [0.29, 0.717) is 36.7 Å². The average Bonchev–Trinajstić information content (AvgIpc) is 3.60. The fraction of sp³-hybridized carbons (Fsp3) is 0.276. The monoisotopic (exact) mass is 499 g/mol. The summed E-state index contributed by atoms with van der Waals surface area (Å²) in [5.41, 5.74) is 3.47. The van der Waals surface area contributed by atoms with Gasteiger partial charge in [0.05, 0.1) is 17.8 Å². The van der Waals surface area contributed by atoms with Crippen LogP contribution in [0.2, 0.25) is 0 Å². The minimum absolute atomic E-state index is 0.0164. The molecule has 4 aromatic rings. The van der Waals surface area contributed by atoms with Crippen LogP contribution in [0.25, 0.3) is 11.5 Å². The summed E-state index contributed by atoms with van der Waals surface area (Å²) >= 11 is 0. The van der Waals surface area contributed by atoms with E-state index in [2.05, 4.69) is 41.6 Å². The first-order valence-corrected chi connectivity index (χ1v) is 12.6. The first kappa shape index (κ1) is 24.5. The topological polar surface area (TPSA) is 72.2 Å². The SMILES string of the molecule is Cc1ccc(CCNC(=O)[C@@H]2CCCN(C(=O)c3cnn(-c4ccc(F)cc4)c3-n3cccc3)C2)cc1. The van der Waals surface area contributed by atoms with E-state index in [1.165, 1.54) is 23.3 Å². The molecule has 2 aromatic heterocycles. The highest BCUT2D eigenvalue weighted by molar-refractivity contribution is 5.97. The summed E-state index contributed by atoms with van der Waals surface area (Å²) < 4.78 is 17.0. The second kappa shape index (κ2) is 10.8. The van der Waals surface area contributed by atoms with Crippen LogP contribution in [0.4, 0.5) is 4.39 Å². The Labute approximate surface area is 215 Å². The Kier molecular flexibility index (Phi) is 7.16. The Balaban J connectivity index is 1.29. The van der Waals surface area contributed by atoms with Gasteiger partial charge in [0.25, 0.3) is 5.91 Å². The van der Waals surface area contributed by atoms with Crippen LogP contribution >= 0.6 is 0 Å². The Morgan fingerprint density at radius 1 is 1.05 bits per heavy atom. The number of carbonyl (C=O) groups is 2. The van der Waals surface area contributed by atoms with E-state index >= 15 is 0 Å².